The third-order valence-corrected chi connectivity index (χ3v) is 6.46. The van der Waals surface area contributed by atoms with Crippen molar-refractivity contribution in [1.29, 1.82) is 0 Å². The van der Waals surface area contributed by atoms with E-state index in [1.807, 2.05) is 37.3 Å². The van der Waals surface area contributed by atoms with Gasteiger partial charge in [0, 0.05) is 6.04 Å². The van der Waals surface area contributed by atoms with Gasteiger partial charge in [0.25, 0.3) is 5.56 Å². The van der Waals surface area contributed by atoms with Crippen LogP contribution in [-0.2, 0) is 17.8 Å². The molecule has 0 saturated heterocycles. The maximum absolute atomic E-state index is 13.7. The summed E-state index contributed by atoms with van der Waals surface area (Å²) in [5, 5.41) is 4.65. The van der Waals surface area contributed by atoms with Crippen LogP contribution in [0.2, 0.25) is 0 Å². The van der Waals surface area contributed by atoms with Crippen LogP contribution in [0.1, 0.15) is 24.5 Å². The topological polar surface area (TPSA) is 73.1 Å². The predicted molar refractivity (Wildman–Crippen MR) is 129 cm³/mol. The van der Waals surface area contributed by atoms with Gasteiger partial charge in [0.2, 0.25) is 5.91 Å². The minimum absolute atomic E-state index is 0.0861. The molecule has 0 bridgehead atoms. The molecule has 1 N–H and O–H groups in total. The van der Waals surface area contributed by atoms with Gasteiger partial charge < -0.3 is 5.32 Å². The summed E-state index contributed by atoms with van der Waals surface area (Å²) in [5.74, 6) is -0.737. The van der Waals surface area contributed by atoms with Crippen molar-refractivity contribution < 1.29 is 9.18 Å². The number of carbonyl (C=O) groups is 1. The van der Waals surface area contributed by atoms with Gasteiger partial charge in [-0.3, -0.25) is 14.2 Å². The van der Waals surface area contributed by atoms with Crippen LogP contribution in [0.4, 0.5) is 4.39 Å². The van der Waals surface area contributed by atoms with Crippen LogP contribution >= 0.6 is 11.3 Å². The number of halogens is 1. The van der Waals surface area contributed by atoms with E-state index in [2.05, 4.69) is 5.32 Å². The van der Waals surface area contributed by atoms with Crippen molar-refractivity contribution in [2.75, 3.05) is 0 Å². The monoisotopic (exact) mass is 465 g/mol. The fraction of sp³-hybridized carbons (Fsp3) is 0.240. The van der Waals surface area contributed by atoms with Gasteiger partial charge in [-0.2, -0.15) is 0 Å². The molecular formula is C25H24FN3O3S. The van der Waals surface area contributed by atoms with E-state index in [4.69, 9.17) is 0 Å². The number of amides is 1. The lowest BCUT2D eigenvalue weighted by Crippen LogP contribution is -2.43. The number of fused-ring (bicyclic) bond motifs is 1. The molecule has 0 saturated carbocycles. The van der Waals surface area contributed by atoms with E-state index in [1.165, 1.54) is 39.7 Å². The number of aryl methyl sites for hydroxylation is 2. The van der Waals surface area contributed by atoms with Gasteiger partial charge in [0.05, 0.1) is 11.2 Å². The first-order valence-electron chi connectivity index (χ1n) is 10.7. The number of nitrogens with zero attached hydrogens (tertiary/aromatic N) is 2. The summed E-state index contributed by atoms with van der Waals surface area (Å²) in [6.07, 6.45) is 1.58. The summed E-state index contributed by atoms with van der Waals surface area (Å²) >= 11 is 1.20. The quantitative estimate of drug-likeness (QED) is 0.451. The second-order valence-corrected chi connectivity index (χ2v) is 8.99. The molecule has 4 aromatic rings. The molecule has 0 unspecified atom stereocenters. The Kier molecular flexibility index (Phi) is 6.55. The maximum atomic E-state index is 13.7. The summed E-state index contributed by atoms with van der Waals surface area (Å²) in [7, 11) is 0. The van der Waals surface area contributed by atoms with Crippen molar-refractivity contribution in [3.8, 4) is 5.69 Å². The zero-order valence-electron chi connectivity index (χ0n) is 18.4. The highest BCUT2D eigenvalue weighted by molar-refractivity contribution is 7.17. The Labute approximate surface area is 193 Å². The Bertz CT molecular complexity index is 1420. The first kappa shape index (κ1) is 22.7. The van der Waals surface area contributed by atoms with Gasteiger partial charge in [-0.1, -0.05) is 30.3 Å². The zero-order valence-corrected chi connectivity index (χ0v) is 19.2. The number of aromatic nitrogens is 2. The second-order valence-electron chi connectivity index (χ2n) is 8.07. The van der Waals surface area contributed by atoms with Crippen molar-refractivity contribution in [3.05, 3.63) is 97.8 Å². The third kappa shape index (κ3) is 4.80. The molecule has 0 aliphatic carbocycles. The first-order chi connectivity index (χ1) is 15.8. The highest BCUT2D eigenvalue weighted by atomic mass is 32.1. The molecule has 0 aliphatic rings. The van der Waals surface area contributed by atoms with Crippen LogP contribution < -0.4 is 16.6 Å². The van der Waals surface area contributed by atoms with Gasteiger partial charge in [-0.05, 0) is 67.5 Å². The van der Waals surface area contributed by atoms with Gasteiger partial charge in [-0.25, -0.2) is 13.8 Å². The average Bonchev–Trinajstić information content (AvgIpc) is 3.29. The minimum atomic E-state index is -0.635. The molecule has 0 spiro atoms. The summed E-state index contributed by atoms with van der Waals surface area (Å²) in [6.45, 7) is 3.27. The van der Waals surface area contributed by atoms with E-state index in [1.54, 1.807) is 18.4 Å². The zero-order chi connectivity index (χ0) is 23.5. The highest BCUT2D eigenvalue weighted by Gasteiger charge is 2.18. The number of hydrogen-bond acceptors (Lipinski definition) is 4. The standard InChI is InChI=1S/C25H24FN3O3S/c1-16-14-19(10-11-20(16)26)29-24(31)23-21(12-13-33-23)28(25(29)32)15-22(30)27-17(2)8-9-18-6-4-3-5-7-18/h3-7,10-14,17H,8-9,15H2,1-2H3,(H,27,30)/t17-/m1/s1. The van der Waals surface area contributed by atoms with Crippen LogP contribution in [0, 0.1) is 12.7 Å². The van der Waals surface area contributed by atoms with Gasteiger partial charge >= 0.3 is 5.69 Å². The SMILES string of the molecule is Cc1cc(-n2c(=O)c3sccc3n(CC(=O)N[C@H](C)CCc3ccccc3)c2=O)ccc1F. The molecule has 0 aliphatic heterocycles. The van der Waals surface area contributed by atoms with E-state index < -0.39 is 17.1 Å². The smallest absolute Gasteiger partial charge is 0.336 e. The highest BCUT2D eigenvalue weighted by Crippen LogP contribution is 2.17. The Balaban J connectivity index is 1.60. The lowest BCUT2D eigenvalue weighted by molar-refractivity contribution is -0.122. The molecule has 8 heteroatoms. The van der Waals surface area contributed by atoms with Crippen molar-refractivity contribution in [2.24, 2.45) is 0 Å². The number of thiophene rings is 1. The third-order valence-electron chi connectivity index (χ3n) is 5.57. The maximum Gasteiger partial charge on any atom is 0.336 e. The summed E-state index contributed by atoms with van der Waals surface area (Å²) in [6, 6.07) is 15.7. The molecule has 170 valence electrons. The van der Waals surface area contributed by atoms with Crippen LogP contribution in [-0.4, -0.2) is 21.1 Å². The van der Waals surface area contributed by atoms with Crippen LogP contribution in [0.25, 0.3) is 15.9 Å². The molecular weight excluding hydrogens is 441 g/mol. The van der Waals surface area contributed by atoms with Crippen LogP contribution in [0.5, 0.6) is 0 Å². The van der Waals surface area contributed by atoms with E-state index in [9.17, 15) is 18.8 Å². The number of benzene rings is 2. The lowest BCUT2D eigenvalue weighted by Gasteiger charge is -2.16. The molecule has 33 heavy (non-hydrogen) atoms. The largest absolute Gasteiger partial charge is 0.352 e. The molecule has 4 rings (SSSR count). The fourth-order valence-corrected chi connectivity index (χ4v) is 4.62. The van der Waals surface area contributed by atoms with Gasteiger partial charge in [-0.15, -0.1) is 11.3 Å². The molecule has 6 nitrogen and oxygen atoms in total. The molecule has 0 fully saturated rings. The van der Waals surface area contributed by atoms with Crippen molar-refractivity contribution in [3.63, 3.8) is 0 Å². The minimum Gasteiger partial charge on any atom is -0.352 e. The second kappa shape index (κ2) is 9.54. The van der Waals surface area contributed by atoms with Crippen LogP contribution in [0.3, 0.4) is 0 Å². The van der Waals surface area contributed by atoms with Crippen LogP contribution in [0.15, 0.2) is 69.6 Å². The Morgan fingerprint density at radius 2 is 1.88 bits per heavy atom. The molecule has 2 aromatic heterocycles. The Hall–Kier alpha value is -3.52. The van der Waals surface area contributed by atoms with Gasteiger partial charge in [0.15, 0.2) is 0 Å². The fourth-order valence-electron chi connectivity index (χ4n) is 3.80. The van der Waals surface area contributed by atoms with Gasteiger partial charge in [0.1, 0.15) is 17.1 Å². The molecule has 2 heterocycles. The van der Waals surface area contributed by atoms with E-state index in [0.717, 1.165) is 17.4 Å². The number of carbonyl (C=O) groups excluding carboxylic acids is 1. The Morgan fingerprint density at radius 3 is 2.61 bits per heavy atom. The lowest BCUT2D eigenvalue weighted by atomic mass is 10.1. The summed E-state index contributed by atoms with van der Waals surface area (Å²) < 4.78 is 16.4. The summed E-state index contributed by atoms with van der Waals surface area (Å²) in [5.41, 5.74) is 1.08. The normalized spacial score (nSPS) is 12.1. The molecule has 0 radical (unpaired) electrons. The number of rotatable bonds is 7. The molecule has 1 amide bonds. The van der Waals surface area contributed by atoms with E-state index in [-0.39, 0.29) is 24.2 Å². The predicted octanol–water partition coefficient (Wildman–Crippen LogP) is 3.80. The van der Waals surface area contributed by atoms with E-state index >= 15 is 0 Å². The molecule has 2 aromatic carbocycles. The van der Waals surface area contributed by atoms with E-state index in [0.29, 0.717) is 15.8 Å². The van der Waals surface area contributed by atoms with Crippen molar-refractivity contribution in [2.45, 2.75) is 39.3 Å². The Morgan fingerprint density at radius 1 is 1.12 bits per heavy atom. The first-order valence-corrected chi connectivity index (χ1v) is 11.6. The average molecular weight is 466 g/mol. The van der Waals surface area contributed by atoms with Crippen molar-refractivity contribution in [1.82, 2.24) is 14.5 Å². The molecule has 1 atom stereocenters. The summed E-state index contributed by atoms with van der Waals surface area (Å²) in [4.78, 5) is 39.1. The number of nitrogens with one attached hydrogen (secondary N) is 1. The van der Waals surface area contributed by atoms with Crippen molar-refractivity contribution >= 4 is 27.5 Å². The number of hydrogen-bond donors (Lipinski definition) is 1.